The van der Waals surface area contributed by atoms with Crippen molar-refractivity contribution in [1.82, 2.24) is 19.6 Å². The Balaban J connectivity index is 1.96. The average molecular weight is 367 g/mol. The molecule has 0 saturated carbocycles. The van der Waals surface area contributed by atoms with Crippen molar-refractivity contribution in [1.29, 1.82) is 0 Å². The molecular formula is C19H21N5O3. The number of esters is 1. The number of carbonyl (C=O) groups excluding carboxylic acids is 2. The lowest BCUT2D eigenvalue weighted by Crippen LogP contribution is -2.27. The number of hydrogen-bond donors (Lipinski definition) is 1. The fraction of sp³-hybridized carbons (Fsp3) is 0.263. The third kappa shape index (κ3) is 3.74. The van der Waals surface area contributed by atoms with E-state index in [1.165, 1.54) is 10.9 Å². The Morgan fingerprint density at radius 2 is 1.93 bits per heavy atom. The molecule has 0 aliphatic carbocycles. The van der Waals surface area contributed by atoms with Crippen LogP contribution in [-0.4, -0.2) is 38.0 Å². The van der Waals surface area contributed by atoms with Crippen LogP contribution < -0.4 is 5.32 Å². The van der Waals surface area contributed by atoms with Crippen molar-refractivity contribution in [3.63, 3.8) is 0 Å². The Hall–Kier alpha value is -3.42. The Kier molecular flexibility index (Phi) is 5.35. The topological polar surface area (TPSA) is 91.0 Å². The highest BCUT2D eigenvalue weighted by Crippen LogP contribution is 2.22. The van der Waals surface area contributed by atoms with Crippen LogP contribution in [0.3, 0.4) is 0 Å². The fourth-order valence-electron chi connectivity index (χ4n) is 2.71. The second-order valence-corrected chi connectivity index (χ2v) is 5.96. The van der Waals surface area contributed by atoms with Crippen LogP contribution in [0.15, 0.2) is 48.8 Å². The molecule has 8 heteroatoms. The lowest BCUT2D eigenvalue weighted by Gasteiger charge is -2.16. The molecule has 2 heterocycles. The van der Waals surface area contributed by atoms with E-state index in [2.05, 4.69) is 15.5 Å². The molecule has 3 aromatic rings. The Labute approximate surface area is 156 Å². The number of anilines is 1. The van der Waals surface area contributed by atoms with Crippen molar-refractivity contribution in [2.24, 2.45) is 0 Å². The van der Waals surface area contributed by atoms with Crippen LogP contribution in [0.25, 0.3) is 5.69 Å². The number of nitrogens with zero attached hydrogens (tertiary/aromatic N) is 4. The summed E-state index contributed by atoms with van der Waals surface area (Å²) in [5.74, 6) is -0.593. The number of nitrogens with one attached hydrogen (secondary N) is 1. The lowest BCUT2D eigenvalue weighted by atomic mass is 10.2. The highest BCUT2D eigenvalue weighted by Gasteiger charge is 2.24. The summed E-state index contributed by atoms with van der Waals surface area (Å²) in [6.45, 7) is 5.56. The van der Waals surface area contributed by atoms with Gasteiger partial charge in [0.05, 0.1) is 18.5 Å². The molecule has 0 fully saturated rings. The van der Waals surface area contributed by atoms with E-state index in [0.717, 1.165) is 5.69 Å². The molecule has 3 rings (SSSR count). The smallest absolute Gasteiger partial charge is 0.343 e. The molecule has 0 radical (unpaired) electrons. The largest absolute Gasteiger partial charge is 0.462 e. The van der Waals surface area contributed by atoms with E-state index in [4.69, 9.17) is 4.74 Å². The van der Waals surface area contributed by atoms with Gasteiger partial charge >= 0.3 is 5.97 Å². The van der Waals surface area contributed by atoms with Crippen LogP contribution in [0, 0.1) is 6.92 Å². The van der Waals surface area contributed by atoms with Gasteiger partial charge in [0, 0.05) is 11.9 Å². The highest BCUT2D eigenvalue weighted by molar-refractivity contribution is 6.01. The summed E-state index contributed by atoms with van der Waals surface area (Å²) < 4.78 is 8.21. The van der Waals surface area contributed by atoms with Gasteiger partial charge in [-0.2, -0.15) is 10.2 Å². The molecule has 140 valence electrons. The SMILES string of the molecule is CCOC(=O)c1cnn(-c2ccccc2)c1NC(=O)C(C)n1nccc1C. The van der Waals surface area contributed by atoms with Gasteiger partial charge in [-0.3, -0.25) is 9.48 Å². The number of rotatable bonds is 6. The zero-order valence-corrected chi connectivity index (χ0v) is 15.4. The Morgan fingerprint density at radius 1 is 1.19 bits per heavy atom. The molecule has 0 aliphatic rings. The van der Waals surface area contributed by atoms with Crippen LogP contribution in [0.2, 0.25) is 0 Å². The van der Waals surface area contributed by atoms with E-state index in [1.807, 2.05) is 43.3 Å². The number of para-hydroxylation sites is 1. The van der Waals surface area contributed by atoms with Crippen LogP contribution in [0.1, 0.15) is 35.9 Å². The second kappa shape index (κ2) is 7.86. The van der Waals surface area contributed by atoms with E-state index in [9.17, 15) is 9.59 Å². The third-order valence-electron chi connectivity index (χ3n) is 4.12. The van der Waals surface area contributed by atoms with Crippen LogP contribution in [0.5, 0.6) is 0 Å². The number of ether oxygens (including phenoxy) is 1. The summed E-state index contributed by atoms with van der Waals surface area (Å²) in [5.41, 5.74) is 1.77. The van der Waals surface area contributed by atoms with Crippen molar-refractivity contribution < 1.29 is 14.3 Å². The summed E-state index contributed by atoms with van der Waals surface area (Å²) in [5, 5.41) is 11.2. The second-order valence-electron chi connectivity index (χ2n) is 5.96. The first kappa shape index (κ1) is 18.4. The number of amides is 1. The van der Waals surface area contributed by atoms with Crippen LogP contribution in [0.4, 0.5) is 5.82 Å². The number of benzene rings is 1. The first-order valence-corrected chi connectivity index (χ1v) is 8.64. The minimum absolute atomic E-state index is 0.193. The summed E-state index contributed by atoms with van der Waals surface area (Å²) >= 11 is 0. The molecule has 1 amide bonds. The van der Waals surface area contributed by atoms with Crippen molar-refractivity contribution >= 4 is 17.7 Å². The van der Waals surface area contributed by atoms with E-state index < -0.39 is 12.0 Å². The normalized spacial score (nSPS) is 11.8. The summed E-state index contributed by atoms with van der Waals surface area (Å²) in [7, 11) is 0. The molecule has 1 N–H and O–H groups in total. The zero-order valence-electron chi connectivity index (χ0n) is 15.4. The van der Waals surface area contributed by atoms with E-state index >= 15 is 0 Å². The van der Waals surface area contributed by atoms with Gasteiger partial charge in [-0.05, 0) is 39.0 Å². The van der Waals surface area contributed by atoms with Crippen molar-refractivity contribution in [3.05, 3.63) is 60.0 Å². The molecule has 27 heavy (non-hydrogen) atoms. The minimum Gasteiger partial charge on any atom is -0.462 e. The van der Waals surface area contributed by atoms with Gasteiger partial charge in [0.2, 0.25) is 5.91 Å². The van der Waals surface area contributed by atoms with Crippen molar-refractivity contribution in [2.75, 3.05) is 11.9 Å². The van der Waals surface area contributed by atoms with Gasteiger partial charge in [-0.25, -0.2) is 9.48 Å². The number of hydrogen-bond acceptors (Lipinski definition) is 5. The first-order valence-electron chi connectivity index (χ1n) is 8.64. The van der Waals surface area contributed by atoms with Gasteiger partial charge < -0.3 is 10.1 Å². The van der Waals surface area contributed by atoms with E-state index in [0.29, 0.717) is 5.69 Å². The molecule has 0 bridgehead atoms. The molecule has 1 aromatic carbocycles. The first-order chi connectivity index (χ1) is 13.0. The van der Waals surface area contributed by atoms with Crippen LogP contribution in [-0.2, 0) is 9.53 Å². The van der Waals surface area contributed by atoms with E-state index in [1.54, 1.807) is 24.7 Å². The molecule has 0 saturated heterocycles. The quantitative estimate of drug-likeness (QED) is 0.677. The molecule has 8 nitrogen and oxygen atoms in total. The maximum atomic E-state index is 12.8. The van der Waals surface area contributed by atoms with Gasteiger partial charge in [0.1, 0.15) is 11.6 Å². The zero-order chi connectivity index (χ0) is 19.4. The Bertz CT molecular complexity index is 945. The lowest BCUT2D eigenvalue weighted by molar-refractivity contribution is -0.119. The van der Waals surface area contributed by atoms with Gasteiger partial charge in [0.25, 0.3) is 0 Å². The number of carbonyl (C=O) groups is 2. The van der Waals surface area contributed by atoms with Gasteiger partial charge in [-0.15, -0.1) is 0 Å². The molecule has 0 aliphatic heterocycles. The minimum atomic E-state index is -0.561. The van der Waals surface area contributed by atoms with Crippen molar-refractivity contribution in [2.45, 2.75) is 26.8 Å². The number of aryl methyl sites for hydroxylation is 1. The molecule has 0 spiro atoms. The van der Waals surface area contributed by atoms with Crippen LogP contribution >= 0.6 is 0 Å². The van der Waals surface area contributed by atoms with Gasteiger partial charge in [0.15, 0.2) is 5.82 Å². The maximum Gasteiger partial charge on any atom is 0.343 e. The molecular weight excluding hydrogens is 346 g/mol. The predicted molar refractivity (Wildman–Crippen MR) is 99.8 cm³/mol. The monoisotopic (exact) mass is 367 g/mol. The maximum absolute atomic E-state index is 12.8. The summed E-state index contributed by atoms with van der Waals surface area (Å²) in [6, 6.07) is 10.5. The summed E-state index contributed by atoms with van der Waals surface area (Å²) in [6.07, 6.45) is 3.03. The van der Waals surface area contributed by atoms with E-state index in [-0.39, 0.29) is 23.9 Å². The van der Waals surface area contributed by atoms with Crippen molar-refractivity contribution in [3.8, 4) is 5.69 Å². The number of aromatic nitrogens is 4. The fourth-order valence-corrected chi connectivity index (χ4v) is 2.71. The average Bonchev–Trinajstić information content (AvgIpc) is 3.28. The highest BCUT2D eigenvalue weighted by atomic mass is 16.5. The third-order valence-corrected chi connectivity index (χ3v) is 4.12. The Morgan fingerprint density at radius 3 is 2.56 bits per heavy atom. The standard InChI is InChI=1S/C19H21N5O3/c1-4-27-19(26)16-12-21-24(15-8-6-5-7-9-15)17(16)22-18(25)14(3)23-13(2)10-11-20-23/h5-12,14H,4H2,1-3H3,(H,22,25). The van der Waals surface area contributed by atoms with Gasteiger partial charge in [-0.1, -0.05) is 18.2 Å². The molecule has 2 aromatic heterocycles. The predicted octanol–water partition coefficient (Wildman–Crippen LogP) is 2.75. The summed E-state index contributed by atoms with van der Waals surface area (Å²) in [4.78, 5) is 25.1. The molecule has 1 unspecified atom stereocenters. The molecule has 1 atom stereocenters.